The molecule has 0 aliphatic carbocycles. The Morgan fingerprint density at radius 1 is 1.44 bits per heavy atom. The van der Waals surface area contributed by atoms with Gasteiger partial charge in [-0.15, -0.1) is 11.3 Å². The minimum Gasteiger partial charge on any atom is -0.466 e. The maximum atomic E-state index is 12.0. The Balaban J connectivity index is 2.03. The zero-order valence-electron chi connectivity index (χ0n) is 15.1. The van der Waals surface area contributed by atoms with Crippen molar-refractivity contribution in [3.63, 3.8) is 0 Å². The molecule has 0 unspecified atom stereocenters. The highest BCUT2D eigenvalue weighted by Gasteiger charge is 2.11. The molecule has 27 heavy (non-hydrogen) atoms. The number of hydrogen-bond donors (Lipinski definition) is 1. The van der Waals surface area contributed by atoms with Crippen LogP contribution in [-0.4, -0.2) is 48.0 Å². The number of nitrogens with one attached hydrogen (secondary N) is 1. The first-order valence-corrected chi connectivity index (χ1v) is 10.5. The third kappa shape index (κ3) is 6.96. The molecule has 1 aromatic carbocycles. The second kappa shape index (κ2) is 10.4. The molecule has 10 heteroatoms. The lowest BCUT2D eigenvalue weighted by atomic mass is 10.2. The molecule has 0 saturated heterocycles. The standard InChI is InChI=1S/C17H19BrN4O3S2/c1-4-25-15(23)8-13-10-26-16(20-13)21-19-9-11-5-6-12(18)7-14(11)27-17(24)22(2)3/h5-7,9-10H,4,8H2,1-3H3,(H,20,21). The van der Waals surface area contributed by atoms with Gasteiger partial charge in [0.2, 0.25) is 5.13 Å². The molecule has 0 atom stereocenters. The van der Waals surface area contributed by atoms with Gasteiger partial charge < -0.3 is 9.64 Å². The summed E-state index contributed by atoms with van der Waals surface area (Å²) in [5.41, 5.74) is 4.28. The first-order valence-electron chi connectivity index (χ1n) is 7.96. The molecule has 0 fully saturated rings. The molecule has 0 saturated carbocycles. The van der Waals surface area contributed by atoms with Gasteiger partial charge in [-0.1, -0.05) is 22.0 Å². The van der Waals surface area contributed by atoms with Gasteiger partial charge in [-0.05, 0) is 30.8 Å². The number of nitrogens with zero attached hydrogens (tertiary/aromatic N) is 3. The molecule has 1 amide bonds. The molecule has 144 valence electrons. The molecule has 2 rings (SSSR count). The lowest BCUT2D eigenvalue weighted by molar-refractivity contribution is -0.142. The SMILES string of the molecule is CCOC(=O)Cc1csc(NN=Cc2ccc(Br)cc2SC(=O)N(C)C)n1. The fourth-order valence-electron chi connectivity index (χ4n) is 1.85. The third-order valence-electron chi connectivity index (χ3n) is 3.08. The Morgan fingerprint density at radius 2 is 2.22 bits per heavy atom. The number of rotatable bonds is 7. The highest BCUT2D eigenvalue weighted by atomic mass is 79.9. The second-order valence-electron chi connectivity index (χ2n) is 5.44. The van der Waals surface area contributed by atoms with Gasteiger partial charge in [-0.2, -0.15) is 5.10 Å². The molecule has 1 aromatic heterocycles. The summed E-state index contributed by atoms with van der Waals surface area (Å²) in [6, 6.07) is 5.62. The van der Waals surface area contributed by atoms with Crippen LogP contribution < -0.4 is 5.43 Å². The summed E-state index contributed by atoms with van der Waals surface area (Å²) >= 11 is 5.89. The molecular weight excluding hydrogens is 452 g/mol. The van der Waals surface area contributed by atoms with Crippen molar-refractivity contribution in [2.45, 2.75) is 18.2 Å². The van der Waals surface area contributed by atoms with Gasteiger partial charge in [0, 0.05) is 34.4 Å². The summed E-state index contributed by atoms with van der Waals surface area (Å²) in [4.78, 5) is 30.1. The van der Waals surface area contributed by atoms with Crippen LogP contribution in [0.3, 0.4) is 0 Å². The average molecular weight is 471 g/mol. The fraction of sp³-hybridized carbons (Fsp3) is 0.294. The van der Waals surface area contributed by atoms with Crippen LogP contribution in [0, 0.1) is 0 Å². The summed E-state index contributed by atoms with van der Waals surface area (Å²) in [5.74, 6) is -0.306. The van der Waals surface area contributed by atoms with Gasteiger partial charge >= 0.3 is 5.97 Å². The van der Waals surface area contributed by atoms with E-state index < -0.39 is 0 Å². The lowest BCUT2D eigenvalue weighted by Crippen LogP contribution is -2.16. The number of anilines is 1. The molecule has 0 aliphatic rings. The van der Waals surface area contributed by atoms with Gasteiger partial charge in [0.25, 0.3) is 5.24 Å². The molecule has 0 aliphatic heterocycles. The molecule has 0 spiro atoms. The monoisotopic (exact) mass is 470 g/mol. The van der Waals surface area contributed by atoms with Gasteiger partial charge in [0.05, 0.1) is 24.9 Å². The van der Waals surface area contributed by atoms with E-state index in [-0.39, 0.29) is 17.6 Å². The van der Waals surface area contributed by atoms with E-state index in [0.29, 0.717) is 17.4 Å². The van der Waals surface area contributed by atoms with Crippen LogP contribution in [0.25, 0.3) is 0 Å². The van der Waals surface area contributed by atoms with Crippen LogP contribution in [-0.2, 0) is 16.0 Å². The number of hydrogen-bond acceptors (Lipinski definition) is 8. The van der Waals surface area contributed by atoms with Crippen molar-refractivity contribution in [3.8, 4) is 0 Å². The van der Waals surface area contributed by atoms with Crippen LogP contribution in [0.15, 0.2) is 38.0 Å². The number of hydrazone groups is 1. The van der Waals surface area contributed by atoms with Gasteiger partial charge in [0.15, 0.2) is 0 Å². The molecule has 1 N–H and O–H groups in total. The Labute approximate surface area is 174 Å². The first kappa shape index (κ1) is 21.4. The Kier molecular flexibility index (Phi) is 8.26. The van der Waals surface area contributed by atoms with Crippen molar-refractivity contribution < 1.29 is 14.3 Å². The largest absolute Gasteiger partial charge is 0.466 e. The summed E-state index contributed by atoms with van der Waals surface area (Å²) < 4.78 is 5.78. The van der Waals surface area contributed by atoms with Crippen LogP contribution >= 0.6 is 39.0 Å². The summed E-state index contributed by atoms with van der Waals surface area (Å²) in [6.45, 7) is 2.11. The Bertz CT molecular complexity index is 839. The molecular formula is C17H19BrN4O3S2. The van der Waals surface area contributed by atoms with E-state index in [1.807, 2.05) is 18.2 Å². The molecule has 2 aromatic rings. The first-order chi connectivity index (χ1) is 12.9. The predicted octanol–water partition coefficient (Wildman–Crippen LogP) is 4.23. The molecule has 7 nitrogen and oxygen atoms in total. The average Bonchev–Trinajstić information content (AvgIpc) is 3.04. The minimum absolute atomic E-state index is 0.0701. The van der Waals surface area contributed by atoms with E-state index in [0.717, 1.165) is 26.7 Å². The quantitative estimate of drug-likeness (QED) is 0.282. The Hall–Kier alpha value is -1.91. The number of amides is 1. The number of halogens is 1. The maximum absolute atomic E-state index is 12.0. The Morgan fingerprint density at radius 3 is 2.93 bits per heavy atom. The predicted molar refractivity (Wildman–Crippen MR) is 113 cm³/mol. The van der Waals surface area contributed by atoms with Crippen molar-refractivity contribution in [2.75, 3.05) is 26.1 Å². The van der Waals surface area contributed by atoms with E-state index in [1.165, 1.54) is 16.2 Å². The van der Waals surface area contributed by atoms with Crippen molar-refractivity contribution in [2.24, 2.45) is 5.10 Å². The van der Waals surface area contributed by atoms with Crippen molar-refractivity contribution in [1.82, 2.24) is 9.88 Å². The number of benzene rings is 1. The van der Waals surface area contributed by atoms with Crippen LogP contribution in [0.4, 0.5) is 9.93 Å². The number of thiazole rings is 1. The van der Waals surface area contributed by atoms with E-state index in [4.69, 9.17) is 4.74 Å². The number of carbonyl (C=O) groups is 2. The highest BCUT2D eigenvalue weighted by molar-refractivity contribution is 9.10. The van der Waals surface area contributed by atoms with E-state index >= 15 is 0 Å². The number of aromatic nitrogens is 1. The van der Waals surface area contributed by atoms with Crippen molar-refractivity contribution in [3.05, 3.63) is 39.3 Å². The minimum atomic E-state index is -0.306. The normalized spacial score (nSPS) is 10.8. The number of ether oxygens (including phenoxy) is 1. The zero-order valence-corrected chi connectivity index (χ0v) is 18.3. The molecule has 1 heterocycles. The lowest BCUT2D eigenvalue weighted by Gasteiger charge is -2.11. The molecule has 0 radical (unpaired) electrons. The third-order valence-corrected chi connectivity index (χ3v) is 5.49. The number of esters is 1. The smallest absolute Gasteiger partial charge is 0.311 e. The summed E-state index contributed by atoms with van der Waals surface area (Å²) in [6.07, 6.45) is 1.76. The second-order valence-corrected chi connectivity index (χ2v) is 8.21. The van der Waals surface area contributed by atoms with Gasteiger partial charge in [-0.25, -0.2) is 4.98 Å². The van der Waals surface area contributed by atoms with Crippen LogP contribution in [0.5, 0.6) is 0 Å². The summed E-state index contributed by atoms with van der Waals surface area (Å²) in [5, 5.41) is 6.47. The number of thioether (sulfide) groups is 1. The molecule has 0 bridgehead atoms. The van der Waals surface area contributed by atoms with Crippen molar-refractivity contribution in [1.29, 1.82) is 0 Å². The van der Waals surface area contributed by atoms with Crippen molar-refractivity contribution >= 4 is 61.6 Å². The highest BCUT2D eigenvalue weighted by Crippen LogP contribution is 2.27. The fourth-order valence-corrected chi connectivity index (χ4v) is 3.81. The van der Waals surface area contributed by atoms with Gasteiger partial charge in [-0.3, -0.25) is 15.0 Å². The topological polar surface area (TPSA) is 83.9 Å². The van der Waals surface area contributed by atoms with E-state index in [1.54, 1.807) is 32.6 Å². The van der Waals surface area contributed by atoms with E-state index in [2.05, 4.69) is 31.4 Å². The van der Waals surface area contributed by atoms with Crippen LogP contribution in [0.2, 0.25) is 0 Å². The number of carbonyl (C=O) groups excluding carboxylic acids is 2. The summed E-state index contributed by atoms with van der Waals surface area (Å²) in [7, 11) is 3.41. The van der Waals surface area contributed by atoms with Crippen LogP contribution in [0.1, 0.15) is 18.2 Å². The van der Waals surface area contributed by atoms with E-state index in [9.17, 15) is 9.59 Å². The zero-order chi connectivity index (χ0) is 19.8. The maximum Gasteiger partial charge on any atom is 0.311 e. The van der Waals surface area contributed by atoms with Gasteiger partial charge in [0.1, 0.15) is 0 Å².